The average molecular weight is 466 g/mol. The molecule has 0 saturated carbocycles. The van der Waals surface area contributed by atoms with Crippen LogP contribution in [0.25, 0.3) is 0 Å². The standard InChI is InChI=1S/C19H23N9O.2ClH/c1-11(25-27-18(20)21)14-8-15(12(2)26-28-19(22)23)10-16(9-14)24-17(29)13-6-4-3-5-7-13;;/h3-10H,1-2H3,(H,24,29)(H4,20,21,27)(H4,22,23,28);2*1H. The van der Waals surface area contributed by atoms with Gasteiger partial charge >= 0.3 is 0 Å². The summed E-state index contributed by atoms with van der Waals surface area (Å²) >= 11 is 0. The van der Waals surface area contributed by atoms with Gasteiger partial charge in [-0.2, -0.15) is 10.2 Å². The molecule has 0 atom stereocenters. The van der Waals surface area contributed by atoms with Crippen LogP contribution >= 0.6 is 24.8 Å². The molecule has 10 nitrogen and oxygen atoms in total. The number of nitrogens with one attached hydrogen (secondary N) is 1. The van der Waals surface area contributed by atoms with Crippen LogP contribution in [-0.4, -0.2) is 29.2 Å². The Bertz CT molecular complexity index is 958. The highest BCUT2D eigenvalue weighted by molar-refractivity contribution is 6.08. The van der Waals surface area contributed by atoms with Crippen LogP contribution < -0.4 is 28.3 Å². The zero-order valence-electron chi connectivity index (χ0n) is 16.9. The van der Waals surface area contributed by atoms with Gasteiger partial charge in [0, 0.05) is 22.4 Å². The Labute approximate surface area is 192 Å². The van der Waals surface area contributed by atoms with E-state index >= 15 is 0 Å². The predicted octanol–water partition coefficient (Wildman–Crippen LogP) is 1.78. The molecule has 2 rings (SSSR count). The molecule has 0 aliphatic heterocycles. The lowest BCUT2D eigenvalue weighted by molar-refractivity contribution is 0.102. The van der Waals surface area contributed by atoms with Crippen molar-refractivity contribution < 1.29 is 4.79 Å². The molecular formula is C19H25Cl2N9O. The molecule has 0 saturated heterocycles. The van der Waals surface area contributed by atoms with E-state index < -0.39 is 0 Å². The van der Waals surface area contributed by atoms with Gasteiger partial charge in [0.25, 0.3) is 5.91 Å². The number of halogens is 2. The SMILES string of the molecule is CC(=NN=C(N)N)c1cc(NC(=O)c2ccccc2)cc(C(C)=NN=C(N)N)c1.Cl.Cl. The molecule has 0 aliphatic carbocycles. The molecule has 1 amide bonds. The highest BCUT2D eigenvalue weighted by Crippen LogP contribution is 2.18. The molecule has 31 heavy (non-hydrogen) atoms. The number of anilines is 1. The lowest BCUT2D eigenvalue weighted by Crippen LogP contribution is -2.22. The highest BCUT2D eigenvalue weighted by atomic mass is 35.5. The minimum absolute atomic E-state index is 0. The van der Waals surface area contributed by atoms with Crippen molar-refractivity contribution in [3.63, 3.8) is 0 Å². The summed E-state index contributed by atoms with van der Waals surface area (Å²) in [6, 6.07) is 14.2. The summed E-state index contributed by atoms with van der Waals surface area (Å²) < 4.78 is 0. The molecule has 166 valence electrons. The Morgan fingerprint density at radius 3 is 1.58 bits per heavy atom. The van der Waals surface area contributed by atoms with Gasteiger partial charge in [0.1, 0.15) is 0 Å². The lowest BCUT2D eigenvalue weighted by atomic mass is 10.0. The number of carbonyl (C=O) groups is 1. The monoisotopic (exact) mass is 465 g/mol. The number of hydrogen-bond donors (Lipinski definition) is 5. The summed E-state index contributed by atoms with van der Waals surface area (Å²) in [6.07, 6.45) is 0. The van der Waals surface area contributed by atoms with E-state index in [0.29, 0.717) is 33.8 Å². The van der Waals surface area contributed by atoms with Crippen LogP contribution in [0.15, 0.2) is 68.9 Å². The Morgan fingerprint density at radius 2 is 1.16 bits per heavy atom. The second kappa shape index (κ2) is 12.8. The Kier molecular flexibility index (Phi) is 11.3. The van der Waals surface area contributed by atoms with Gasteiger partial charge in [-0.3, -0.25) is 4.79 Å². The second-order valence-corrected chi connectivity index (χ2v) is 6.04. The van der Waals surface area contributed by atoms with Gasteiger partial charge < -0.3 is 28.3 Å². The van der Waals surface area contributed by atoms with Crippen molar-refractivity contribution in [1.29, 1.82) is 0 Å². The van der Waals surface area contributed by atoms with Gasteiger partial charge in [-0.25, -0.2) is 0 Å². The summed E-state index contributed by atoms with van der Waals surface area (Å²) in [6.45, 7) is 3.47. The predicted molar refractivity (Wildman–Crippen MR) is 131 cm³/mol. The zero-order chi connectivity index (χ0) is 21.4. The van der Waals surface area contributed by atoms with E-state index in [9.17, 15) is 4.79 Å². The largest absolute Gasteiger partial charge is 0.369 e. The molecule has 0 fully saturated rings. The maximum atomic E-state index is 12.5. The first-order valence-electron chi connectivity index (χ1n) is 8.55. The second-order valence-electron chi connectivity index (χ2n) is 6.04. The molecule has 12 heteroatoms. The lowest BCUT2D eigenvalue weighted by Gasteiger charge is -2.11. The van der Waals surface area contributed by atoms with Crippen LogP contribution in [0.3, 0.4) is 0 Å². The van der Waals surface area contributed by atoms with Crippen molar-refractivity contribution in [1.82, 2.24) is 0 Å². The van der Waals surface area contributed by atoms with Crippen molar-refractivity contribution in [3.8, 4) is 0 Å². The molecule has 0 bridgehead atoms. The van der Waals surface area contributed by atoms with Gasteiger partial charge in [0.2, 0.25) is 11.9 Å². The molecule has 9 N–H and O–H groups in total. The number of carbonyl (C=O) groups excluding carboxylic acids is 1. The van der Waals surface area contributed by atoms with Crippen LogP contribution in [-0.2, 0) is 0 Å². The summed E-state index contributed by atoms with van der Waals surface area (Å²) in [7, 11) is 0. The van der Waals surface area contributed by atoms with Crippen molar-refractivity contribution >= 4 is 59.8 Å². The van der Waals surface area contributed by atoms with E-state index in [1.54, 1.807) is 56.3 Å². The van der Waals surface area contributed by atoms with Crippen molar-refractivity contribution in [2.45, 2.75) is 13.8 Å². The van der Waals surface area contributed by atoms with Crippen LogP contribution in [0.5, 0.6) is 0 Å². The topological polar surface area (TPSA) is 183 Å². The Hall–Kier alpha value is -3.63. The van der Waals surface area contributed by atoms with Crippen LogP contribution in [0.1, 0.15) is 35.3 Å². The first-order chi connectivity index (χ1) is 13.8. The first-order valence-corrected chi connectivity index (χ1v) is 8.55. The third kappa shape index (κ3) is 8.72. The molecule has 2 aromatic carbocycles. The Balaban J connectivity index is 0.00000450. The van der Waals surface area contributed by atoms with Gasteiger partial charge in [-0.15, -0.1) is 35.0 Å². The van der Waals surface area contributed by atoms with Gasteiger partial charge in [-0.05, 0) is 44.2 Å². The quantitative estimate of drug-likeness (QED) is 0.247. The highest BCUT2D eigenvalue weighted by Gasteiger charge is 2.10. The minimum Gasteiger partial charge on any atom is -0.369 e. The van der Waals surface area contributed by atoms with E-state index in [-0.39, 0.29) is 42.6 Å². The number of nitrogens with zero attached hydrogens (tertiary/aromatic N) is 4. The molecule has 0 aromatic heterocycles. The van der Waals surface area contributed by atoms with Crippen molar-refractivity contribution in [2.24, 2.45) is 43.3 Å². The molecular weight excluding hydrogens is 441 g/mol. The smallest absolute Gasteiger partial charge is 0.255 e. The normalized spacial score (nSPS) is 10.8. The van der Waals surface area contributed by atoms with Crippen molar-refractivity contribution in [2.75, 3.05) is 5.32 Å². The molecule has 0 spiro atoms. The number of hydrogen-bond acceptors (Lipinski definition) is 5. The van der Waals surface area contributed by atoms with E-state index in [2.05, 4.69) is 25.7 Å². The van der Waals surface area contributed by atoms with E-state index in [0.717, 1.165) is 0 Å². The number of nitrogens with two attached hydrogens (primary N) is 4. The maximum absolute atomic E-state index is 12.5. The average Bonchev–Trinajstić information content (AvgIpc) is 2.70. The molecule has 0 unspecified atom stereocenters. The molecule has 2 aromatic rings. The molecule has 0 radical (unpaired) electrons. The minimum atomic E-state index is -0.258. The third-order valence-corrected chi connectivity index (χ3v) is 3.69. The maximum Gasteiger partial charge on any atom is 0.255 e. The van der Waals surface area contributed by atoms with Gasteiger partial charge in [0.15, 0.2) is 0 Å². The number of amides is 1. The summed E-state index contributed by atoms with van der Waals surface area (Å²) in [5.41, 5.74) is 24.8. The molecule has 0 aliphatic rings. The summed E-state index contributed by atoms with van der Waals surface area (Å²) in [4.78, 5) is 12.5. The fourth-order valence-corrected chi connectivity index (χ4v) is 2.29. The Morgan fingerprint density at radius 1 is 0.710 bits per heavy atom. The van der Waals surface area contributed by atoms with Crippen molar-refractivity contribution in [3.05, 3.63) is 65.2 Å². The van der Waals surface area contributed by atoms with Crippen LogP contribution in [0, 0.1) is 0 Å². The number of rotatable bonds is 6. The number of guanidine groups is 2. The fraction of sp³-hybridized carbons (Fsp3) is 0.105. The van der Waals surface area contributed by atoms with Gasteiger partial charge in [-0.1, -0.05) is 18.2 Å². The van der Waals surface area contributed by atoms with Gasteiger partial charge in [0.05, 0.1) is 11.4 Å². The fourth-order valence-electron chi connectivity index (χ4n) is 2.29. The summed E-state index contributed by atoms with van der Waals surface area (Å²) in [5.74, 6) is -0.585. The van der Waals surface area contributed by atoms with Crippen LogP contribution in [0.2, 0.25) is 0 Å². The van der Waals surface area contributed by atoms with Crippen LogP contribution in [0.4, 0.5) is 5.69 Å². The summed E-state index contributed by atoms with van der Waals surface area (Å²) in [5, 5.41) is 18.1. The molecule has 0 heterocycles. The van der Waals surface area contributed by atoms with E-state index in [1.165, 1.54) is 0 Å². The number of benzene rings is 2. The first kappa shape index (κ1) is 27.4. The van der Waals surface area contributed by atoms with E-state index in [4.69, 9.17) is 22.9 Å². The third-order valence-electron chi connectivity index (χ3n) is 3.69. The zero-order valence-corrected chi connectivity index (χ0v) is 18.6. The van der Waals surface area contributed by atoms with E-state index in [1.807, 2.05) is 6.07 Å².